The van der Waals surface area contributed by atoms with Gasteiger partial charge in [0, 0.05) is 12.1 Å². The van der Waals surface area contributed by atoms with Crippen molar-refractivity contribution in [3.05, 3.63) is 53.4 Å². The van der Waals surface area contributed by atoms with Crippen molar-refractivity contribution in [2.45, 2.75) is 43.3 Å². The SMILES string of the molecule is C=NC1=CC=C(NS(=O)c2ccc(CCC)cc2)CC1SCC. The van der Waals surface area contributed by atoms with Crippen LogP contribution in [0.25, 0.3) is 0 Å². The molecule has 5 heteroatoms. The van der Waals surface area contributed by atoms with Crippen LogP contribution in [0.3, 0.4) is 0 Å². The van der Waals surface area contributed by atoms with E-state index in [1.807, 2.05) is 36.0 Å². The van der Waals surface area contributed by atoms with Crippen LogP contribution < -0.4 is 4.72 Å². The number of nitrogens with zero attached hydrogens (tertiary/aromatic N) is 1. The molecule has 2 unspecified atom stereocenters. The van der Waals surface area contributed by atoms with Crippen molar-refractivity contribution in [2.75, 3.05) is 5.75 Å². The Morgan fingerprint density at radius 2 is 2.04 bits per heavy atom. The van der Waals surface area contributed by atoms with Crippen molar-refractivity contribution in [3.63, 3.8) is 0 Å². The van der Waals surface area contributed by atoms with Crippen molar-refractivity contribution in [1.29, 1.82) is 0 Å². The number of hydrogen-bond donors (Lipinski definition) is 1. The summed E-state index contributed by atoms with van der Waals surface area (Å²) in [7, 11) is -1.23. The average molecular weight is 349 g/mol. The van der Waals surface area contributed by atoms with Gasteiger partial charge in [0.2, 0.25) is 0 Å². The van der Waals surface area contributed by atoms with Crippen LogP contribution >= 0.6 is 11.8 Å². The minimum atomic E-state index is -1.23. The summed E-state index contributed by atoms with van der Waals surface area (Å²) in [5, 5.41) is 0.286. The highest BCUT2D eigenvalue weighted by molar-refractivity contribution is 8.00. The molecule has 1 aliphatic carbocycles. The topological polar surface area (TPSA) is 41.5 Å². The smallest absolute Gasteiger partial charge is 0.150 e. The van der Waals surface area contributed by atoms with Crippen LogP contribution in [0.1, 0.15) is 32.3 Å². The lowest BCUT2D eigenvalue weighted by molar-refractivity contribution is 0.675. The quantitative estimate of drug-likeness (QED) is 0.714. The number of rotatable bonds is 8. The van der Waals surface area contributed by atoms with E-state index in [0.717, 1.165) is 41.3 Å². The molecule has 0 fully saturated rings. The van der Waals surface area contributed by atoms with Gasteiger partial charge in [-0.3, -0.25) is 4.99 Å². The highest BCUT2D eigenvalue weighted by Crippen LogP contribution is 2.29. The third kappa shape index (κ3) is 5.08. The molecule has 0 radical (unpaired) electrons. The lowest BCUT2D eigenvalue weighted by atomic mass is 10.1. The molecular formula is C18H24N2OS2. The van der Waals surface area contributed by atoms with E-state index in [1.54, 1.807) is 0 Å². The molecule has 124 valence electrons. The minimum Gasteiger partial charge on any atom is -0.305 e. The fraction of sp³-hybridized carbons (Fsp3) is 0.389. The van der Waals surface area contributed by atoms with Gasteiger partial charge in [-0.2, -0.15) is 11.8 Å². The Labute approximate surface area is 146 Å². The van der Waals surface area contributed by atoms with Gasteiger partial charge < -0.3 is 4.72 Å². The molecule has 2 atom stereocenters. The molecule has 3 nitrogen and oxygen atoms in total. The number of benzene rings is 1. The molecule has 0 saturated heterocycles. The maximum atomic E-state index is 12.5. The first-order chi connectivity index (χ1) is 11.2. The molecule has 1 aromatic carbocycles. The van der Waals surface area contributed by atoms with Crippen LogP contribution in [0.5, 0.6) is 0 Å². The first-order valence-corrected chi connectivity index (χ1v) is 10.1. The van der Waals surface area contributed by atoms with Gasteiger partial charge in [0.25, 0.3) is 0 Å². The van der Waals surface area contributed by atoms with Crippen LogP contribution in [-0.2, 0) is 17.4 Å². The molecule has 0 saturated carbocycles. The first-order valence-electron chi connectivity index (χ1n) is 7.94. The van der Waals surface area contributed by atoms with E-state index in [1.165, 1.54) is 5.56 Å². The van der Waals surface area contributed by atoms with E-state index >= 15 is 0 Å². The largest absolute Gasteiger partial charge is 0.305 e. The predicted molar refractivity (Wildman–Crippen MR) is 102 cm³/mol. The molecule has 0 aliphatic heterocycles. The Hall–Kier alpha value is -1.33. The van der Waals surface area contributed by atoms with Crippen molar-refractivity contribution in [3.8, 4) is 0 Å². The van der Waals surface area contributed by atoms with Crippen molar-refractivity contribution < 1.29 is 4.21 Å². The van der Waals surface area contributed by atoms with Gasteiger partial charge in [0.1, 0.15) is 11.0 Å². The third-order valence-corrected chi connectivity index (χ3v) is 5.93. The Bertz CT molecular complexity index is 620. The van der Waals surface area contributed by atoms with Crippen LogP contribution in [0, 0.1) is 0 Å². The van der Waals surface area contributed by atoms with Crippen LogP contribution in [-0.4, -0.2) is 21.9 Å². The Kier molecular flexibility index (Phi) is 7.12. The predicted octanol–water partition coefficient (Wildman–Crippen LogP) is 4.25. The highest BCUT2D eigenvalue weighted by atomic mass is 32.2. The number of allylic oxidation sites excluding steroid dienone is 3. The van der Waals surface area contributed by atoms with E-state index < -0.39 is 11.0 Å². The lowest BCUT2D eigenvalue weighted by Crippen LogP contribution is -2.22. The van der Waals surface area contributed by atoms with Crippen molar-refractivity contribution in [2.24, 2.45) is 4.99 Å². The van der Waals surface area contributed by atoms with Crippen molar-refractivity contribution >= 4 is 29.5 Å². The maximum absolute atomic E-state index is 12.5. The normalized spacial score (nSPS) is 18.8. The average Bonchev–Trinajstić information content (AvgIpc) is 2.56. The molecule has 2 rings (SSSR count). The highest BCUT2D eigenvalue weighted by Gasteiger charge is 2.19. The summed E-state index contributed by atoms with van der Waals surface area (Å²) in [6, 6.07) is 8.01. The second-order valence-corrected chi connectivity index (χ2v) is 8.05. The number of aryl methyl sites for hydroxylation is 1. The van der Waals surface area contributed by atoms with E-state index in [4.69, 9.17) is 0 Å². The number of aliphatic imine (C=N–C) groups is 1. The molecule has 0 bridgehead atoms. The van der Waals surface area contributed by atoms with Crippen LogP contribution in [0.4, 0.5) is 0 Å². The summed E-state index contributed by atoms with van der Waals surface area (Å²) in [5.74, 6) is 1.02. The zero-order valence-electron chi connectivity index (χ0n) is 13.7. The summed E-state index contributed by atoms with van der Waals surface area (Å²) in [4.78, 5) is 4.90. The second kappa shape index (κ2) is 9.08. The molecule has 0 heterocycles. The fourth-order valence-electron chi connectivity index (χ4n) is 2.49. The molecule has 1 aliphatic rings. The number of thioether (sulfide) groups is 1. The summed E-state index contributed by atoms with van der Waals surface area (Å²) in [6.45, 7) is 7.92. The Balaban J connectivity index is 2.03. The van der Waals surface area contributed by atoms with E-state index in [2.05, 4.69) is 42.4 Å². The monoisotopic (exact) mass is 348 g/mol. The first kappa shape index (κ1) is 18.0. The van der Waals surface area contributed by atoms with Gasteiger partial charge in [-0.05, 0) is 48.7 Å². The molecule has 0 amide bonds. The van der Waals surface area contributed by atoms with Crippen LogP contribution in [0.15, 0.2) is 57.7 Å². The van der Waals surface area contributed by atoms with Gasteiger partial charge in [-0.15, -0.1) is 0 Å². The summed E-state index contributed by atoms with van der Waals surface area (Å²) >= 11 is 1.84. The maximum Gasteiger partial charge on any atom is 0.150 e. The Morgan fingerprint density at radius 3 is 2.65 bits per heavy atom. The molecule has 1 N–H and O–H groups in total. The zero-order valence-corrected chi connectivity index (χ0v) is 15.4. The standard InChI is InChI=1S/C18H24N2OS2/c1-4-6-14-7-10-16(11-8-14)23(21)20-15-9-12-17(19-3)18(13-15)22-5-2/h7-12,18,20H,3-6,13H2,1-2H3. The molecule has 23 heavy (non-hydrogen) atoms. The van der Waals surface area contributed by atoms with E-state index in [0.29, 0.717) is 0 Å². The lowest BCUT2D eigenvalue weighted by Gasteiger charge is -2.22. The van der Waals surface area contributed by atoms with E-state index in [-0.39, 0.29) is 5.25 Å². The van der Waals surface area contributed by atoms with Gasteiger partial charge in [-0.25, -0.2) is 4.21 Å². The molecule has 1 aromatic rings. The number of hydrogen-bond acceptors (Lipinski definition) is 3. The van der Waals surface area contributed by atoms with Gasteiger partial charge in [-0.1, -0.05) is 32.4 Å². The van der Waals surface area contributed by atoms with Crippen LogP contribution in [0.2, 0.25) is 0 Å². The van der Waals surface area contributed by atoms with E-state index in [9.17, 15) is 4.21 Å². The van der Waals surface area contributed by atoms with Gasteiger partial charge in [0.05, 0.1) is 15.8 Å². The number of nitrogens with one attached hydrogen (secondary N) is 1. The van der Waals surface area contributed by atoms with Gasteiger partial charge >= 0.3 is 0 Å². The second-order valence-electron chi connectivity index (χ2n) is 5.35. The fourth-order valence-corrected chi connectivity index (χ4v) is 4.40. The Morgan fingerprint density at radius 1 is 1.30 bits per heavy atom. The van der Waals surface area contributed by atoms with Gasteiger partial charge in [0.15, 0.2) is 0 Å². The molecule has 0 aromatic heterocycles. The molecule has 0 spiro atoms. The summed E-state index contributed by atoms with van der Waals surface area (Å²) in [6.07, 6.45) is 6.91. The van der Waals surface area contributed by atoms with Crippen molar-refractivity contribution in [1.82, 2.24) is 4.72 Å². The zero-order chi connectivity index (χ0) is 16.7. The summed E-state index contributed by atoms with van der Waals surface area (Å²) < 4.78 is 15.6. The minimum absolute atomic E-state index is 0.286. The summed E-state index contributed by atoms with van der Waals surface area (Å²) in [5.41, 5.74) is 3.27. The molecular weight excluding hydrogens is 324 g/mol. The third-order valence-electron chi connectivity index (χ3n) is 3.64.